The van der Waals surface area contributed by atoms with Crippen LogP contribution in [0, 0.1) is 0 Å². The number of hydrogen-bond acceptors (Lipinski definition) is 21. The van der Waals surface area contributed by atoms with Crippen molar-refractivity contribution in [2.24, 2.45) is 0 Å². The highest BCUT2D eigenvalue weighted by atomic mass is 16.6. The van der Waals surface area contributed by atoms with E-state index in [0.717, 1.165) is 6.42 Å². The Morgan fingerprint density at radius 1 is 0.551 bits per heavy atom. The number of rotatable bonds is 20. The molecule has 0 spiro atoms. The maximum Gasteiger partial charge on any atom is 1.00 e. The van der Waals surface area contributed by atoms with E-state index in [9.17, 15) is 43.5 Å². The third-order valence-electron chi connectivity index (χ3n) is 12.6. The van der Waals surface area contributed by atoms with Crippen molar-refractivity contribution in [1.82, 2.24) is 33.6 Å². The van der Waals surface area contributed by atoms with Gasteiger partial charge in [-0.2, -0.15) is 15.0 Å². The average molecular weight is 1110 g/mol. The number of carboxylic acid groups (broad SMARTS) is 1. The minimum atomic E-state index is -1.11. The fourth-order valence-corrected chi connectivity index (χ4v) is 8.64. The number of carbonyl (C=O) groups excluding carboxylic acids is 4. The van der Waals surface area contributed by atoms with Gasteiger partial charge < -0.3 is 69.0 Å². The molecule has 5 N–H and O–H groups in total. The second kappa shape index (κ2) is 32.5. The quantitative estimate of drug-likeness (QED) is 0.101. The Morgan fingerprint density at radius 3 is 1.18 bits per heavy atom. The summed E-state index contributed by atoms with van der Waals surface area (Å²) < 4.78 is 48.2. The molecule has 6 rings (SSSR count). The van der Waals surface area contributed by atoms with Crippen molar-refractivity contribution in [2.45, 2.75) is 168 Å². The molecule has 3 amide bonds. The van der Waals surface area contributed by atoms with Gasteiger partial charge in [0.15, 0.2) is 24.8 Å². The number of anilines is 3. The number of aliphatic carboxylic acids is 1. The zero-order valence-corrected chi connectivity index (χ0v) is 46.6. The fraction of sp³-hybridized carbons (Fsp3) is 0.660. The van der Waals surface area contributed by atoms with Crippen molar-refractivity contribution in [1.29, 1.82) is 0 Å². The molecule has 12 atom stereocenters. The molecular weight excluding hydrogens is 1030 g/mol. The summed E-state index contributed by atoms with van der Waals surface area (Å²) in [6.45, 7) is 19.8. The number of carboxylic acids is 1. The van der Waals surface area contributed by atoms with Crippen molar-refractivity contribution < 1.29 is 73.5 Å². The molecule has 0 bridgehead atoms. The summed E-state index contributed by atoms with van der Waals surface area (Å²) in [4.78, 5) is 106. The molecule has 3 aromatic heterocycles. The number of aromatic nitrogens is 6. The lowest BCUT2D eigenvalue weighted by Crippen LogP contribution is -2.39. The predicted octanol–water partition coefficient (Wildman–Crippen LogP) is 2.19. The minimum absolute atomic E-state index is 0. The number of ether oxygens (including phenoxy) is 8. The van der Waals surface area contributed by atoms with Crippen molar-refractivity contribution >= 4 is 47.1 Å². The van der Waals surface area contributed by atoms with E-state index in [4.69, 9.17) is 43.0 Å². The Morgan fingerprint density at radius 2 is 0.885 bits per heavy atom. The van der Waals surface area contributed by atoms with Gasteiger partial charge in [-0.15, -0.1) is 0 Å². The average Bonchev–Trinajstić information content (AvgIpc) is 4.08. The van der Waals surface area contributed by atoms with Crippen LogP contribution >= 0.6 is 0 Å². The smallest absolute Gasteiger partial charge is 0.481 e. The van der Waals surface area contributed by atoms with Crippen LogP contribution in [-0.2, 0) is 61.9 Å². The monoisotopic (exact) mass is 1110 g/mol. The van der Waals surface area contributed by atoms with E-state index in [-0.39, 0.29) is 61.7 Å². The Labute approximate surface area is 453 Å². The van der Waals surface area contributed by atoms with Crippen molar-refractivity contribution in [3.8, 4) is 0 Å². The first-order chi connectivity index (χ1) is 37.1. The first kappa shape index (κ1) is 65.9. The molecule has 0 aliphatic carbocycles. The molecule has 28 nitrogen and oxygen atoms in total. The highest BCUT2D eigenvalue weighted by Gasteiger charge is 2.49. The molecule has 78 heavy (non-hydrogen) atoms. The number of carbonyl (C=O) groups is 5. The number of nitrogens with one attached hydrogen (secondary N) is 3. The SMILES string of the molecule is CCN(CC)CC.CC[C@H]1O[C@@H](n2ccc(NC(C)=O)nc2=O)[C@@H](OC)C1O.CC[C@H]1O[C@@H](n2ccc(NC(C)=O)nc2=O)[C@@H](OC)C1OC.CC[C@H]1O[C@@H](n2ccc(NC(C)=O)nc2=O)[C@@H](OC)C1OC(=O)CCC(=O)O.[H+]. The summed E-state index contributed by atoms with van der Waals surface area (Å²) in [6.07, 6.45) is -1.58. The van der Waals surface area contributed by atoms with Crippen molar-refractivity contribution in [3.63, 3.8) is 0 Å². The zero-order chi connectivity index (χ0) is 58.4. The van der Waals surface area contributed by atoms with Crippen LogP contribution in [0.25, 0.3) is 0 Å². The van der Waals surface area contributed by atoms with Gasteiger partial charge in [-0.1, -0.05) is 41.5 Å². The lowest BCUT2D eigenvalue weighted by Gasteiger charge is -2.23. The van der Waals surface area contributed by atoms with Crippen LogP contribution < -0.4 is 33.0 Å². The van der Waals surface area contributed by atoms with E-state index in [0.29, 0.717) is 12.8 Å². The maximum absolute atomic E-state index is 12.4. The highest BCUT2D eigenvalue weighted by Crippen LogP contribution is 2.36. The second-order valence-corrected chi connectivity index (χ2v) is 17.7. The fourth-order valence-electron chi connectivity index (χ4n) is 8.64. The lowest BCUT2D eigenvalue weighted by molar-refractivity contribution is -0.158. The number of hydrogen-bond donors (Lipinski definition) is 5. The van der Waals surface area contributed by atoms with Gasteiger partial charge in [0, 0.05) is 67.8 Å². The molecule has 3 saturated heterocycles. The summed E-state index contributed by atoms with van der Waals surface area (Å²) >= 11 is 0. The topological polar surface area (TPSA) is 344 Å². The molecule has 436 valence electrons. The normalized spacial score (nSPS) is 25.1. The lowest BCUT2D eigenvalue weighted by atomic mass is 10.1. The molecule has 0 aromatic carbocycles. The van der Waals surface area contributed by atoms with E-state index in [1.807, 2.05) is 20.8 Å². The van der Waals surface area contributed by atoms with E-state index >= 15 is 0 Å². The van der Waals surface area contributed by atoms with Crippen LogP contribution in [0.1, 0.15) is 115 Å². The molecule has 3 aliphatic rings. The molecule has 28 heteroatoms. The Hall–Kier alpha value is -6.37. The van der Waals surface area contributed by atoms with Gasteiger partial charge in [0.05, 0.1) is 31.2 Å². The van der Waals surface area contributed by atoms with Crippen LogP contribution in [0.5, 0.6) is 0 Å². The number of nitrogens with zero attached hydrogens (tertiary/aromatic N) is 7. The largest absolute Gasteiger partial charge is 1.00 e. The summed E-state index contributed by atoms with van der Waals surface area (Å²) in [5.74, 6) is -2.29. The molecule has 6 heterocycles. The predicted molar refractivity (Wildman–Crippen MR) is 282 cm³/mol. The van der Waals surface area contributed by atoms with Crippen LogP contribution in [0.4, 0.5) is 17.5 Å². The third-order valence-corrected chi connectivity index (χ3v) is 12.6. The summed E-state index contributed by atoms with van der Waals surface area (Å²) in [7, 11) is 5.98. The van der Waals surface area contributed by atoms with Crippen molar-refractivity contribution in [2.75, 3.05) is 64.0 Å². The standard InChI is InChI=1S/C17H23N3O8.C14H21N3O5.C13H19N3O5.C6H15N/c1-4-10-14(28-13(24)6-5-12(22)23)15(26-3)16(27-10)20-8-7-11(18-9(2)21)19-17(20)25;1-5-9-11(20-3)12(21-4)13(22-9)17-7-6-10(15-8(2)18)16-14(17)19;1-4-8-10(18)11(20-3)12(21-8)16-6-5-9(14-7(2)17)15-13(16)19;1-4-7(5-2)6-3/h7-8,10,14-16H,4-6H2,1-3H3,(H,22,23)(H,18,19,21,25);6-7,9,11-13H,5H2,1-4H3,(H,15,16,18,19);5-6,8,10-12,18H,4H2,1-3H3,(H,14,15,17,19);4-6H2,1-3H3/p+1/t10-,14?,15+,16-;9-,11?,12+,13-;8-,10?,11+,12-;/m111./s1. The zero-order valence-electron chi connectivity index (χ0n) is 47.6. The Kier molecular flexibility index (Phi) is 27.5. The van der Waals surface area contributed by atoms with E-state index in [1.165, 1.54) is 99.0 Å². The Balaban J connectivity index is 0.000000383. The molecule has 3 aliphatic heterocycles. The van der Waals surface area contributed by atoms with Gasteiger partial charge >= 0.3 is 30.4 Å². The van der Waals surface area contributed by atoms with E-state index < -0.39 is 90.4 Å². The molecular formula is C50H79N10O18+. The van der Waals surface area contributed by atoms with Crippen LogP contribution in [0.2, 0.25) is 0 Å². The van der Waals surface area contributed by atoms with Gasteiger partial charge in [0.25, 0.3) is 0 Å². The van der Waals surface area contributed by atoms with E-state index in [2.05, 4.69) is 56.6 Å². The van der Waals surface area contributed by atoms with Gasteiger partial charge in [0.1, 0.15) is 48.0 Å². The van der Waals surface area contributed by atoms with Crippen LogP contribution in [0.15, 0.2) is 51.2 Å². The molecule has 0 radical (unpaired) electrons. The molecule has 0 saturated carbocycles. The molecule has 3 unspecified atom stereocenters. The van der Waals surface area contributed by atoms with Gasteiger partial charge in [-0.05, 0) is 57.1 Å². The van der Waals surface area contributed by atoms with Gasteiger partial charge in [-0.3, -0.25) is 37.7 Å². The number of esters is 1. The highest BCUT2D eigenvalue weighted by molar-refractivity contribution is 5.88. The van der Waals surface area contributed by atoms with E-state index in [1.54, 1.807) is 20.3 Å². The first-order valence-electron chi connectivity index (χ1n) is 25.6. The first-order valence-corrected chi connectivity index (χ1v) is 25.6. The van der Waals surface area contributed by atoms with Gasteiger partial charge in [0.2, 0.25) is 17.7 Å². The Bertz CT molecular complexity index is 2600. The van der Waals surface area contributed by atoms with Gasteiger partial charge in [-0.25, -0.2) is 14.4 Å². The minimum Gasteiger partial charge on any atom is -0.481 e. The number of methoxy groups -OCH3 is 4. The van der Waals surface area contributed by atoms with Crippen LogP contribution in [0.3, 0.4) is 0 Å². The molecule has 3 fully saturated rings. The summed E-state index contributed by atoms with van der Waals surface area (Å²) in [5, 5.41) is 26.1. The summed E-state index contributed by atoms with van der Waals surface area (Å²) in [6, 6.07) is 4.47. The summed E-state index contributed by atoms with van der Waals surface area (Å²) in [5.41, 5.74) is -1.78. The van der Waals surface area contributed by atoms with Crippen LogP contribution in [-0.4, -0.2) is 176 Å². The maximum atomic E-state index is 12.4. The molecule has 3 aromatic rings. The second-order valence-electron chi connectivity index (χ2n) is 17.7. The number of aliphatic hydroxyl groups is 1. The van der Waals surface area contributed by atoms with Crippen molar-refractivity contribution in [3.05, 3.63) is 68.2 Å². The number of amides is 3. The number of aliphatic hydroxyl groups excluding tert-OH is 1. The third kappa shape index (κ3) is 18.4.